The Hall–Kier alpha value is -4.10. The summed E-state index contributed by atoms with van der Waals surface area (Å²) in [4.78, 5) is 28.3. The van der Waals surface area contributed by atoms with E-state index in [2.05, 4.69) is 15.9 Å². The third-order valence-corrected chi connectivity index (χ3v) is 10.0. The van der Waals surface area contributed by atoms with Crippen LogP contribution in [0.3, 0.4) is 0 Å². The highest BCUT2D eigenvalue weighted by Gasteiger charge is 2.57. The second-order valence-corrected chi connectivity index (χ2v) is 13.5. The number of nitrogens with zero attached hydrogens (tertiary/aromatic N) is 1. The Morgan fingerprint density at radius 3 is 2.28 bits per heavy atom. The van der Waals surface area contributed by atoms with Crippen LogP contribution >= 0.6 is 15.9 Å². The van der Waals surface area contributed by atoms with E-state index < -0.39 is 64.8 Å². The number of hydrogen-bond acceptors (Lipinski definition) is 5. The largest absolute Gasteiger partial charge is 0.507 e. The van der Waals surface area contributed by atoms with Crippen molar-refractivity contribution in [2.45, 2.75) is 51.1 Å². The Kier molecular flexibility index (Phi) is 9.93. The zero-order valence-electron chi connectivity index (χ0n) is 26.7. The SMILES string of the molecule is CC/C(=C\c1cc(Br)ccc1O)CC[C@H]1OC[C@H]2C1=C(COc1ccccc1)C[C@H]1C(=O)N(c3cc(C(F)(F)F)cc(C(F)(F)F)c3)C(=O)[C@H]12. The van der Waals surface area contributed by atoms with E-state index in [0.29, 0.717) is 53.2 Å². The van der Waals surface area contributed by atoms with Gasteiger partial charge in [0.1, 0.15) is 18.1 Å². The average molecular weight is 765 g/mol. The molecule has 2 amide bonds. The van der Waals surface area contributed by atoms with E-state index in [-0.39, 0.29) is 31.5 Å². The van der Waals surface area contributed by atoms with E-state index in [9.17, 15) is 41.0 Å². The molecule has 0 aromatic heterocycles. The van der Waals surface area contributed by atoms with Crippen molar-refractivity contribution >= 4 is 39.5 Å². The lowest BCUT2D eigenvalue weighted by Crippen LogP contribution is -2.35. The molecule has 2 heterocycles. The van der Waals surface area contributed by atoms with Crippen LogP contribution < -0.4 is 9.64 Å². The fourth-order valence-corrected chi connectivity index (χ4v) is 7.52. The molecule has 1 aliphatic carbocycles. The first kappa shape index (κ1) is 35.7. The Bertz CT molecular complexity index is 1820. The van der Waals surface area contributed by atoms with Gasteiger partial charge >= 0.3 is 12.4 Å². The van der Waals surface area contributed by atoms with Crippen LogP contribution in [0.2, 0.25) is 0 Å². The molecule has 264 valence electrons. The zero-order chi connectivity index (χ0) is 36.0. The van der Waals surface area contributed by atoms with Gasteiger partial charge in [0, 0.05) is 16.0 Å². The van der Waals surface area contributed by atoms with Gasteiger partial charge < -0.3 is 14.6 Å². The first-order chi connectivity index (χ1) is 23.7. The van der Waals surface area contributed by atoms with E-state index in [0.717, 1.165) is 15.6 Å². The molecule has 1 N–H and O–H groups in total. The first-order valence-electron chi connectivity index (χ1n) is 16.0. The maximum atomic E-state index is 14.0. The smallest absolute Gasteiger partial charge is 0.416 e. The lowest BCUT2D eigenvalue weighted by molar-refractivity contribution is -0.143. The zero-order valence-corrected chi connectivity index (χ0v) is 28.2. The molecule has 0 bridgehead atoms. The second kappa shape index (κ2) is 13.9. The van der Waals surface area contributed by atoms with E-state index >= 15 is 0 Å². The van der Waals surface area contributed by atoms with Gasteiger partial charge in [-0.15, -0.1) is 0 Å². The number of phenolic OH excluding ortho intramolecular Hbond substituents is 1. The lowest BCUT2D eigenvalue weighted by atomic mass is 9.69. The molecule has 4 atom stereocenters. The molecule has 0 unspecified atom stereocenters. The molecule has 2 aliphatic heterocycles. The van der Waals surface area contributed by atoms with Crippen molar-refractivity contribution in [3.8, 4) is 11.5 Å². The Morgan fingerprint density at radius 2 is 1.64 bits per heavy atom. The van der Waals surface area contributed by atoms with Crippen molar-refractivity contribution in [2.24, 2.45) is 17.8 Å². The molecule has 3 aromatic rings. The number of carbonyl (C=O) groups excluding carboxylic acids is 2. The van der Waals surface area contributed by atoms with Crippen molar-refractivity contribution < 1.29 is 50.5 Å². The highest BCUT2D eigenvalue weighted by atomic mass is 79.9. The molecule has 6 nitrogen and oxygen atoms in total. The molecular weight excluding hydrogens is 732 g/mol. The van der Waals surface area contributed by atoms with Gasteiger partial charge in [0.25, 0.3) is 0 Å². The van der Waals surface area contributed by atoms with Gasteiger partial charge in [-0.25, -0.2) is 4.90 Å². The summed E-state index contributed by atoms with van der Waals surface area (Å²) in [5.74, 6) is -3.74. The van der Waals surface area contributed by atoms with E-state index in [1.807, 2.05) is 19.1 Å². The summed E-state index contributed by atoms with van der Waals surface area (Å²) in [5.41, 5.74) is -0.878. The van der Waals surface area contributed by atoms with Crippen LogP contribution in [0.1, 0.15) is 49.3 Å². The number of amides is 2. The fourth-order valence-electron chi connectivity index (χ4n) is 7.14. The molecule has 2 saturated heterocycles. The van der Waals surface area contributed by atoms with Crippen LogP contribution in [-0.2, 0) is 26.7 Å². The minimum absolute atomic E-state index is 0.0255. The van der Waals surface area contributed by atoms with Gasteiger partial charge in [0.05, 0.1) is 41.4 Å². The average Bonchev–Trinajstić information content (AvgIpc) is 3.60. The number of imide groups is 1. The minimum Gasteiger partial charge on any atom is -0.507 e. The highest BCUT2D eigenvalue weighted by molar-refractivity contribution is 9.10. The number of benzene rings is 3. The third kappa shape index (κ3) is 7.20. The van der Waals surface area contributed by atoms with Crippen LogP contribution in [0.4, 0.5) is 32.0 Å². The fraction of sp³-hybridized carbons (Fsp3) is 0.351. The van der Waals surface area contributed by atoms with Gasteiger partial charge in [0.15, 0.2) is 0 Å². The van der Waals surface area contributed by atoms with Crippen molar-refractivity contribution in [3.05, 3.63) is 105 Å². The van der Waals surface area contributed by atoms with Crippen molar-refractivity contribution in [1.82, 2.24) is 0 Å². The normalized spacial score (nSPS) is 22.6. The molecule has 3 aliphatic rings. The maximum absolute atomic E-state index is 14.0. The molecular formula is C37H32BrF6NO5. The summed E-state index contributed by atoms with van der Waals surface area (Å²) in [7, 11) is 0. The number of fused-ring (bicyclic) bond motifs is 3. The first-order valence-corrected chi connectivity index (χ1v) is 16.8. The molecule has 0 spiro atoms. The lowest BCUT2D eigenvalue weighted by Gasteiger charge is -2.31. The summed E-state index contributed by atoms with van der Waals surface area (Å²) >= 11 is 3.42. The number of allylic oxidation sites excluding steroid dienone is 1. The third-order valence-electron chi connectivity index (χ3n) is 9.53. The number of carbonyl (C=O) groups is 2. The molecule has 13 heteroatoms. The number of rotatable bonds is 9. The van der Waals surface area contributed by atoms with Crippen molar-refractivity contribution in [2.75, 3.05) is 18.1 Å². The number of aromatic hydroxyl groups is 1. The number of alkyl halides is 6. The standard InChI is InChI=1S/C37H32BrF6NO5/c1-2-20(12-21-13-25(38)9-10-30(21)46)8-11-31-32-22(18-49-27-6-4-3-5-7-27)14-28-33(29(32)19-50-31)35(48)45(34(28)47)26-16-23(36(39,40)41)15-24(17-26)37(42,43)44/h3-7,9-10,12-13,15-17,28-29,31,33,46H,2,8,11,14,18-19H2,1H3/b20-12+/t28-,29+,31-,33-/m1/s1. The monoisotopic (exact) mass is 763 g/mol. The Balaban J connectivity index is 1.33. The van der Waals surface area contributed by atoms with Crippen LogP contribution in [0.15, 0.2) is 87.9 Å². The number of ether oxygens (including phenoxy) is 2. The number of phenols is 1. The summed E-state index contributed by atoms with van der Waals surface area (Å²) in [6, 6.07) is 14.8. The molecule has 6 rings (SSSR count). The topological polar surface area (TPSA) is 76.1 Å². The Morgan fingerprint density at radius 1 is 0.960 bits per heavy atom. The summed E-state index contributed by atoms with van der Waals surface area (Å²) in [6.07, 6.45) is -7.14. The molecule has 0 radical (unpaired) electrons. The van der Waals surface area contributed by atoms with Crippen LogP contribution in [0, 0.1) is 17.8 Å². The van der Waals surface area contributed by atoms with Gasteiger partial charge in [-0.3, -0.25) is 9.59 Å². The molecule has 3 aromatic carbocycles. The second-order valence-electron chi connectivity index (χ2n) is 12.6. The quantitative estimate of drug-likeness (QED) is 0.134. The van der Waals surface area contributed by atoms with E-state index in [1.165, 1.54) is 0 Å². The predicted molar refractivity (Wildman–Crippen MR) is 176 cm³/mol. The Labute approximate surface area is 292 Å². The van der Waals surface area contributed by atoms with Gasteiger partial charge in [-0.2, -0.15) is 26.3 Å². The van der Waals surface area contributed by atoms with Gasteiger partial charge in [0.2, 0.25) is 11.8 Å². The van der Waals surface area contributed by atoms with Crippen LogP contribution in [0.25, 0.3) is 6.08 Å². The number of hydrogen-bond donors (Lipinski definition) is 1. The molecule has 0 saturated carbocycles. The number of anilines is 1. The highest BCUT2D eigenvalue weighted by Crippen LogP contribution is 2.51. The summed E-state index contributed by atoms with van der Waals surface area (Å²) < 4.78 is 95.4. The van der Waals surface area contributed by atoms with E-state index in [4.69, 9.17) is 9.47 Å². The summed E-state index contributed by atoms with van der Waals surface area (Å²) in [5, 5.41) is 10.4. The van der Waals surface area contributed by atoms with Gasteiger partial charge in [-0.05, 0) is 85.4 Å². The number of halogens is 7. The van der Waals surface area contributed by atoms with Crippen molar-refractivity contribution in [3.63, 3.8) is 0 Å². The van der Waals surface area contributed by atoms with Crippen LogP contribution in [0.5, 0.6) is 11.5 Å². The molecule has 2 fully saturated rings. The van der Waals surface area contributed by atoms with E-state index in [1.54, 1.807) is 42.5 Å². The van der Waals surface area contributed by atoms with Gasteiger partial charge in [-0.1, -0.05) is 52.7 Å². The predicted octanol–water partition coefficient (Wildman–Crippen LogP) is 9.37. The minimum atomic E-state index is -5.15. The maximum Gasteiger partial charge on any atom is 0.416 e. The molecule has 50 heavy (non-hydrogen) atoms. The summed E-state index contributed by atoms with van der Waals surface area (Å²) in [6.45, 7) is 2.07. The van der Waals surface area contributed by atoms with Crippen LogP contribution in [-0.4, -0.2) is 36.2 Å². The van der Waals surface area contributed by atoms with Crippen molar-refractivity contribution in [1.29, 1.82) is 0 Å². The number of para-hydroxylation sites is 1.